The van der Waals surface area contributed by atoms with Crippen molar-refractivity contribution in [3.63, 3.8) is 0 Å². The number of carbonyl (C=O) groups excluding carboxylic acids is 3. The SMILES string of the molecule is CCOC(=O)[C@@H]1C(C)=CC(=O)[C@@H](C(=O)OCC)[C@H]1c1ccc(OC)cc1. The summed E-state index contributed by atoms with van der Waals surface area (Å²) >= 11 is 0. The molecule has 3 atom stereocenters. The van der Waals surface area contributed by atoms with Crippen molar-refractivity contribution in [3.8, 4) is 5.75 Å². The van der Waals surface area contributed by atoms with E-state index in [0.29, 0.717) is 16.9 Å². The molecule has 0 aliphatic heterocycles. The fourth-order valence-electron chi connectivity index (χ4n) is 3.33. The topological polar surface area (TPSA) is 78.9 Å². The molecule has 1 aliphatic carbocycles. The number of ether oxygens (including phenoxy) is 3. The normalized spacial score (nSPS) is 22.4. The Bertz CT molecular complexity index is 704. The number of ketones is 1. The van der Waals surface area contributed by atoms with E-state index in [0.717, 1.165) is 0 Å². The van der Waals surface area contributed by atoms with E-state index in [9.17, 15) is 14.4 Å². The molecule has 6 heteroatoms. The van der Waals surface area contributed by atoms with Crippen molar-refractivity contribution < 1.29 is 28.6 Å². The van der Waals surface area contributed by atoms with Crippen molar-refractivity contribution in [1.82, 2.24) is 0 Å². The van der Waals surface area contributed by atoms with Crippen LogP contribution < -0.4 is 4.74 Å². The van der Waals surface area contributed by atoms with Crippen molar-refractivity contribution in [3.05, 3.63) is 41.5 Å². The van der Waals surface area contributed by atoms with Gasteiger partial charge in [-0.15, -0.1) is 0 Å². The van der Waals surface area contributed by atoms with Crippen LogP contribution in [-0.4, -0.2) is 38.0 Å². The van der Waals surface area contributed by atoms with Gasteiger partial charge in [-0.05, 0) is 44.5 Å². The summed E-state index contributed by atoms with van der Waals surface area (Å²) in [6.45, 7) is 5.48. The van der Waals surface area contributed by atoms with Crippen LogP contribution in [-0.2, 0) is 23.9 Å². The summed E-state index contributed by atoms with van der Waals surface area (Å²) in [4.78, 5) is 37.7. The molecule has 1 aromatic carbocycles. The highest BCUT2D eigenvalue weighted by Crippen LogP contribution is 2.42. The van der Waals surface area contributed by atoms with E-state index in [1.807, 2.05) is 0 Å². The third kappa shape index (κ3) is 3.95. The van der Waals surface area contributed by atoms with E-state index in [1.165, 1.54) is 6.08 Å². The summed E-state index contributed by atoms with van der Waals surface area (Å²) in [5.74, 6) is -3.29. The second kappa shape index (κ2) is 8.65. The van der Waals surface area contributed by atoms with Gasteiger partial charge in [-0.1, -0.05) is 17.7 Å². The number of benzene rings is 1. The molecule has 1 aromatic rings. The van der Waals surface area contributed by atoms with Gasteiger partial charge in [0.15, 0.2) is 5.78 Å². The van der Waals surface area contributed by atoms with Gasteiger partial charge in [-0.3, -0.25) is 14.4 Å². The smallest absolute Gasteiger partial charge is 0.317 e. The van der Waals surface area contributed by atoms with Crippen LogP contribution >= 0.6 is 0 Å². The van der Waals surface area contributed by atoms with Gasteiger partial charge >= 0.3 is 11.9 Å². The number of methoxy groups -OCH3 is 1. The first kappa shape index (κ1) is 19.7. The molecule has 0 radical (unpaired) electrons. The van der Waals surface area contributed by atoms with Gasteiger partial charge in [0.25, 0.3) is 0 Å². The van der Waals surface area contributed by atoms with Crippen LogP contribution in [0.2, 0.25) is 0 Å². The van der Waals surface area contributed by atoms with Crippen LogP contribution in [0.15, 0.2) is 35.9 Å². The quantitative estimate of drug-likeness (QED) is 0.573. The van der Waals surface area contributed by atoms with E-state index in [4.69, 9.17) is 14.2 Å². The van der Waals surface area contributed by atoms with Gasteiger partial charge in [-0.2, -0.15) is 0 Å². The first-order chi connectivity index (χ1) is 12.4. The molecule has 0 amide bonds. The maximum Gasteiger partial charge on any atom is 0.317 e. The van der Waals surface area contributed by atoms with Gasteiger partial charge in [0.1, 0.15) is 11.7 Å². The van der Waals surface area contributed by atoms with Crippen molar-refractivity contribution in [2.75, 3.05) is 20.3 Å². The summed E-state index contributed by atoms with van der Waals surface area (Å²) < 4.78 is 15.5. The van der Waals surface area contributed by atoms with E-state index < -0.39 is 29.7 Å². The predicted molar refractivity (Wildman–Crippen MR) is 94.7 cm³/mol. The third-order valence-corrected chi connectivity index (χ3v) is 4.47. The largest absolute Gasteiger partial charge is 0.497 e. The Labute approximate surface area is 153 Å². The lowest BCUT2D eigenvalue weighted by molar-refractivity contribution is -0.155. The minimum atomic E-state index is -1.08. The minimum Gasteiger partial charge on any atom is -0.497 e. The van der Waals surface area contributed by atoms with Crippen LogP contribution in [0.3, 0.4) is 0 Å². The first-order valence-electron chi connectivity index (χ1n) is 8.63. The molecule has 2 rings (SSSR count). The molecule has 140 valence electrons. The van der Waals surface area contributed by atoms with E-state index in [1.54, 1.807) is 52.1 Å². The van der Waals surface area contributed by atoms with Gasteiger partial charge in [-0.25, -0.2) is 0 Å². The monoisotopic (exact) mass is 360 g/mol. The first-order valence-corrected chi connectivity index (χ1v) is 8.63. The van der Waals surface area contributed by atoms with Gasteiger partial charge in [0.2, 0.25) is 0 Å². The van der Waals surface area contributed by atoms with Crippen molar-refractivity contribution >= 4 is 17.7 Å². The maximum absolute atomic E-state index is 12.6. The molecule has 0 heterocycles. The fraction of sp³-hybridized carbons (Fsp3) is 0.450. The second-order valence-electron chi connectivity index (χ2n) is 6.05. The Balaban J connectivity index is 2.55. The predicted octanol–water partition coefficient (Wildman–Crippen LogP) is 2.67. The summed E-state index contributed by atoms with van der Waals surface area (Å²) in [5.41, 5.74) is 1.26. The minimum absolute atomic E-state index is 0.157. The van der Waals surface area contributed by atoms with Crippen LogP contribution in [0, 0.1) is 11.8 Å². The molecule has 0 saturated carbocycles. The molecule has 0 fully saturated rings. The van der Waals surface area contributed by atoms with Crippen LogP contribution in [0.25, 0.3) is 0 Å². The van der Waals surface area contributed by atoms with Crippen LogP contribution in [0.5, 0.6) is 5.75 Å². The average molecular weight is 360 g/mol. The Morgan fingerprint density at radius 1 is 0.962 bits per heavy atom. The zero-order chi connectivity index (χ0) is 19.3. The zero-order valence-electron chi connectivity index (χ0n) is 15.5. The molecule has 0 aromatic heterocycles. The molecule has 26 heavy (non-hydrogen) atoms. The molecule has 0 bridgehead atoms. The highest BCUT2D eigenvalue weighted by Gasteiger charge is 2.47. The van der Waals surface area contributed by atoms with Crippen molar-refractivity contribution in [2.24, 2.45) is 11.8 Å². The van der Waals surface area contributed by atoms with E-state index in [2.05, 4.69) is 0 Å². The molecule has 0 saturated heterocycles. The highest BCUT2D eigenvalue weighted by atomic mass is 16.5. The number of esters is 2. The number of hydrogen-bond donors (Lipinski definition) is 0. The van der Waals surface area contributed by atoms with Crippen LogP contribution in [0.1, 0.15) is 32.3 Å². The zero-order valence-corrected chi connectivity index (χ0v) is 15.5. The maximum atomic E-state index is 12.6. The summed E-state index contributed by atoms with van der Waals surface area (Å²) in [6, 6.07) is 6.98. The Morgan fingerprint density at radius 3 is 2.00 bits per heavy atom. The molecule has 1 aliphatic rings. The second-order valence-corrected chi connectivity index (χ2v) is 6.05. The lowest BCUT2D eigenvalue weighted by Crippen LogP contribution is -2.41. The molecule has 0 unspecified atom stereocenters. The molecule has 6 nitrogen and oxygen atoms in total. The number of rotatable bonds is 6. The molecular formula is C20H24O6. The third-order valence-electron chi connectivity index (χ3n) is 4.47. The summed E-state index contributed by atoms with van der Waals surface area (Å²) in [6.07, 6.45) is 1.35. The highest BCUT2D eigenvalue weighted by molar-refractivity contribution is 6.08. The number of allylic oxidation sites excluding steroid dienone is 1. The Morgan fingerprint density at radius 2 is 1.50 bits per heavy atom. The van der Waals surface area contributed by atoms with Gasteiger partial charge in [0.05, 0.1) is 26.2 Å². The molecule has 0 N–H and O–H groups in total. The molecule has 0 spiro atoms. The lowest BCUT2D eigenvalue weighted by Gasteiger charge is -2.34. The van der Waals surface area contributed by atoms with Gasteiger partial charge < -0.3 is 14.2 Å². The van der Waals surface area contributed by atoms with Gasteiger partial charge in [0, 0.05) is 5.92 Å². The standard InChI is InChI=1S/C20H24O6/c1-5-25-19(22)16-12(3)11-15(21)18(20(23)26-6-2)17(16)13-7-9-14(24-4)10-8-13/h7-11,16-18H,5-6H2,1-4H3/t16-,17+,18-/m1/s1. The molecular weight excluding hydrogens is 336 g/mol. The Hall–Kier alpha value is -2.63. The number of carbonyl (C=O) groups is 3. The lowest BCUT2D eigenvalue weighted by atomic mass is 9.68. The van der Waals surface area contributed by atoms with Crippen molar-refractivity contribution in [2.45, 2.75) is 26.7 Å². The fourth-order valence-corrected chi connectivity index (χ4v) is 3.33. The number of hydrogen-bond acceptors (Lipinski definition) is 6. The van der Waals surface area contributed by atoms with Crippen molar-refractivity contribution in [1.29, 1.82) is 0 Å². The summed E-state index contributed by atoms with van der Waals surface area (Å²) in [7, 11) is 1.55. The summed E-state index contributed by atoms with van der Waals surface area (Å²) in [5, 5.41) is 0. The van der Waals surface area contributed by atoms with E-state index >= 15 is 0 Å². The Kier molecular flexibility index (Phi) is 6.55. The van der Waals surface area contributed by atoms with E-state index in [-0.39, 0.29) is 19.0 Å². The van der Waals surface area contributed by atoms with Crippen LogP contribution in [0.4, 0.5) is 0 Å². The average Bonchev–Trinajstić information content (AvgIpc) is 2.61.